The highest BCUT2D eigenvalue weighted by molar-refractivity contribution is 7.89. The number of rotatable bonds is 8. The summed E-state index contributed by atoms with van der Waals surface area (Å²) < 4.78 is 143. The Balaban J connectivity index is 1.85. The van der Waals surface area contributed by atoms with Crippen LogP contribution in [0, 0.1) is 11.2 Å². The molecule has 1 atom stereocenters. The minimum absolute atomic E-state index is 0.0300. The van der Waals surface area contributed by atoms with E-state index in [0.29, 0.717) is 36.5 Å². The van der Waals surface area contributed by atoms with Gasteiger partial charge in [-0.15, -0.1) is 11.3 Å². The highest BCUT2D eigenvalue weighted by Gasteiger charge is 2.41. The lowest BCUT2D eigenvalue weighted by molar-refractivity contribution is -0.147. The molecule has 1 N–H and O–H groups in total. The number of thiazole rings is 1. The van der Waals surface area contributed by atoms with Gasteiger partial charge in [0.15, 0.2) is 5.82 Å². The van der Waals surface area contributed by atoms with Crippen LogP contribution in [-0.2, 0) is 16.4 Å². The Morgan fingerprint density at radius 1 is 1.16 bits per heavy atom. The molecule has 0 unspecified atom stereocenters. The van der Waals surface area contributed by atoms with Gasteiger partial charge in [-0.2, -0.15) is 17.9 Å². The summed E-state index contributed by atoms with van der Waals surface area (Å²) in [5.74, 6) is -5.57. The molecular formula is C27H28F8N4O4S2. The molecule has 248 valence electrons. The molecule has 2 aromatic heterocycles. The Labute approximate surface area is 256 Å². The fourth-order valence-electron chi connectivity index (χ4n) is 4.52. The smallest absolute Gasteiger partial charge is 0.361 e. The van der Waals surface area contributed by atoms with Crippen LogP contribution in [0.1, 0.15) is 68.8 Å². The first-order valence-electron chi connectivity index (χ1n) is 13.4. The number of likely N-dealkylation sites (tertiary alicyclic amines) is 1. The minimum Gasteiger partial charge on any atom is -0.361 e. The first-order chi connectivity index (χ1) is 20.6. The summed E-state index contributed by atoms with van der Waals surface area (Å²) in [6.45, 7) is 5.45. The van der Waals surface area contributed by atoms with E-state index in [4.69, 9.17) is 4.52 Å². The van der Waals surface area contributed by atoms with Crippen molar-refractivity contribution in [3.8, 4) is 21.1 Å². The second kappa shape index (κ2) is 12.2. The number of hydrogen-bond acceptors (Lipinski definition) is 7. The van der Waals surface area contributed by atoms with Crippen LogP contribution in [0.25, 0.3) is 21.1 Å². The van der Waals surface area contributed by atoms with Gasteiger partial charge in [0, 0.05) is 44.0 Å². The summed E-state index contributed by atoms with van der Waals surface area (Å²) in [6.07, 6.45) is -9.67. The fourth-order valence-corrected chi connectivity index (χ4v) is 6.89. The number of piperidine rings is 1. The van der Waals surface area contributed by atoms with Crippen molar-refractivity contribution in [1.82, 2.24) is 19.8 Å². The number of nitrogens with zero attached hydrogens (tertiary/aromatic N) is 3. The third kappa shape index (κ3) is 7.82. The summed E-state index contributed by atoms with van der Waals surface area (Å²) in [5.41, 5.74) is -2.82. The van der Waals surface area contributed by atoms with E-state index in [1.54, 1.807) is 0 Å². The second-order valence-electron chi connectivity index (χ2n) is 11.8. The first-order valence-corrected chi connectivity index (χ1v) is 15.7. The van der Waals surface area contributed by atoms with E-state index >= 15 is 4.39 Å². The standard InChI is InChI=1S/C27H28F8N4O4S2/c1-13(27(33,34)35)38-45(41,42)17-6-5-15(18(19(17)28)22(29)30)21-20(24(40)39-9-7-26(31,32)8-10-39)36-23(44-21)16-11-14(43-37-16)12-25(2,3)4/h5-6,11,13,22,38H,7-10,12H2,1-4H3/t13-/m0/s1. The predicted octanol–water partition coefficient (Wildman–Crippen LogP) is 7.23. The molecule has 0 aliphatic carbocycles. The largest absolute Gasteiger partial charge is 0.404 e. The number of sulfonamides is 1. The lowest BCUT2D eigenvalue weighted by atomic mass is 9.91. The van der Waals surface area contributed by atoms with Crippen molar-refractivity contribution >= 4 is 27.3 Å². The molecule has 1 amide bonds. The summed E-state index contributed by atoms with van der Waals surface area (Å²) >= 11 is 0.614. The van der Waals surface area contributed by atoms with Crippen molar-refractivity contribution in [3.05, 3.63) is 41.0 Å². The molecule has 1 aliphatic heterocycles. The normalized spacial score (nSPS) is 16.8. The van der Waals surface area contributed by atoms with Crippen molar-refractivity contribution in [1.29, 1.82) is 0 Å². The quantitative estimate of drug-likeness (QED) is 0.251. The lowest BCUT2D eigenvalue weighted by Gasteiger charge is -2.31. The molecule has 1 saturated heterocycles. The molecule has 0 spiro atoms. The zero-order chi connectivity index (χ0) is 33.7. The molecule has 1 aromatic carbocycles. The molecule has 4 rings (SSSR count). The third-order valence-electron chi connectivity index (χ3n) is 6.81. The van der Waals surface area contributed by atoms with Crippen molar-refractivity contribution in [3.63, 3.8) is 0 Å². The number of carbonyl (C=O) groups is 1. The minimum atomic E-state index is -5.29. The number of benzene rings is 1. The average Bonchev–Trinajstić information content (AvgIpc) is 3.53. The molecule has 0 saturated carbocycles. The topological polar surface area (TPSA) is 105 Å². The van der Waals surface area contributed by atoms with Gasteiger partial charge in [-0.25, -0.2) is 35.4 Å². The average molecular weight is 689 g/mol. The molecule has 45 heavy (non-hydrogen) atoms. The van der Waals surface area contributed by atoms with E-state index in [1.165, 1.54) is 10.8 Å². The van der Waals surface area contributed by atoms with Crippen LogP contribution >= 0.6 is 11.3 Å². The highest BCUT2D eigenvalue weighted by atomic mass is 32.2. The number of aromatic nitrogens is 2. The number of carbonyl (C=O) groups excluding carboxylic acids is 1. The van der Waals surface area contributed by atoms with Gasteiger partial charge in [0.05, 0.1) is 10.4 Å². The fraction of sp³-hybridized carbons (Fsp3) is 0.519. The lowest BCUT2D eigenvalue weighted by Crippen LogP contribution is -2.43. The summed E-state index contributed by atoms with van der Waals surface area (Å²) in [4.78, 5) is 17.0. The van der Waals surface area contributed by atoms with E-state index < -0.39 is 94.0 Å². The van der Waals surface area contributed by atoms with Crippen molar-refractivity contribution in [2.75, 3.05) is 13.1 Å². The Bertz CT molecular complexity index is 1670. The van der Waals surface area contributed by atoms with Crippen molar-refractivity contribution < 1.29 is 52.9 Å². The molecule has 18 heteroatoms. The van der Waals surface area contributed by atoms with Crippen LogP contribution < -0.4 is 4.72 Å². The Morgan fingerprint density at radius 3 is 2.33 bits per heavy atom. The van der Waals surface area contributed by atoms with E-state index in [-0.39, 0.29) is 21.0 Å². The molecular weight excluding hydrogens is 660 g/mol. The van der Waals surface area contributed by atoms with Gasteiger partial charge in [-0.1, -0.05) is 32.0 Å². The van der Waals surface area contributed by atoms with Gasteiger partial charge < -0.3 is 9.42 Å². The van der Waals surface area contributed by atoms with Gasteiger partial charge in [-0.3, -0.25) is 4.79 Å². The Kier molecular flexibility index (Phi) is 9.45. The van der Waals surface area contributed by atoms with Crippen LogP contribution in [0.2, 0.25) is 0 Å². The van der Waals surface area contributed by atoms with E-state index in [1.807, 2.05) is 20.8 Å². The van der Waals surface area contributed by atoms with E-state index in [0.717, 1.165) is 11.0 Å². The zero-order valence-corrected chi connectivity index (χ0v) is 25.9. The van der Waals surface area contributed by atoms with Gasteiger partial charge in [0.25, 0.3) is 18.3 Å². The summed E-state index contributed by atoms with van der Waals surface area (Å²) in [5, 5.41) is 3.90. The summed E-state index contributed by atoms with van der Waals surface area (Å²) in [6, 6.07) is 0.0481. The van der Waals surface area contributed by atoms with Crippen molar-refractivity contribution in [2.24, 2.45) is 5.41 Å². The molecule has 3 heterocycles. The van der Waals surface area contributed by atoms with E-state index in [9.17, 15) is 43.9 Å². The number of hydrogen-bond donors (Lipinski definition) is 1. The van der Waals surface area contributed by atoms with Crippen LogP contribution in [0.5, 0.6) is 0 Å². The molecule has 8 nitrogen and oxygen atoms in total. The van der Waals surface area contributed by atoms with Gasteiger partial charge in [0.2, 0.25) is 10.0 Å². The Morgan fingerprint density at radius 2 is 1.78 bits per heavy atom. The number of amides is 1. The van der Waals surface area contributed by atoms with Gasteiger partial charge in [-0.05, 0) is 18.4 Å². The number of halogens is 8. The van der Waals surface area contributed by atoms with Gasteiger partial charge in [0.1, 0.15) is 33.1 Å². The highest BCUT2D eigenvalue weighted by Crippen LogP contribution is 2.43. The summed E-state index contributed by atoms with van der Waals surface area (Å²) in [7, 11) is -5.29. The first kappa shape index (κ1) is 34.7. The van der Waals surface area contributed by atoms with Gasteiger partial charge >= 0.3 is 6.18 Å². The second-order valence-corrected chi connectivity index (χ2v) is 14.5. The maximum Gasteiger partial charge on any atom is 0.404 e. The van der Waals surface area contributed by atoms with Crippen LogP contribution in [0.4, 0.5) is 35.1 Å². The third-order valence-corrected chi connectivity index (χ3v) is 9.48. The maximum absolute atomic E-state index is 15.6. The molecule has 1 fully saturated rings. The SMILES string of the molecule is C[C@H](NS(=O)(=O)c1ccc(-c2sc(-c3cc(CC(C)(C)C)on3)nc2C(=O)N2CCC(F)(F)CC2)c(C(F)F)c1F)C(F)(F)F. The predicted molar refractivity (Wildman–Crippen MR) is 147 cm³/mol. The number of nitrogens with one attached hydrogen (secondary N) is 1. The maximum atomic E-state index is 15.6. The van der Waals surface area contributed by atoms with Crippen LogP contribution in [0.3, 0.4) is 0 Å². The zero-order valence-electron chi connectivity index (χ0n) is 24.2. The molecule has 3 aromatic rings. The molecule has 0 radical (unpaired) electrons. The molecule has 1 aliphatic rings. The van der Waals surface area contributed by atoms with Crippen molar-refractivity contribution in [2.45, 2.75) is 76.4 Å². The molecule has 0 bridgehead atoms. The Hall–Kier alpha value is -3.12. The van der Waals surface area contributed by atoms with Crippen LogP contribution in [0.15, 0.2) is 27.6 Å². The van der Waals surface area contributed by atoms with Crippen LogP contribution in [-0.4, -0.2) is 60.6 Å². The van der Waals surface area contributed by atoms with E-state index in [2.05, 4.69) is 10.1 Å². The number of alkyl halides is 7. The monoisotopic (exact) mass is 688 g/mol.